The molecular formula is C26H24N2OS. The zero-order valence-electron chi connectivity index (χ0n) is 16.8. The normalized spacial score (nSPS) is 16.3. The van der Waals surface area contributed by atoms with Gasteiger partial charge in [0, 0.05) is 27.7 Å². The number of hydrogen-bond acceptors (Lipinski definition) is 4. The molecule has 0 bridgehead atoms. The van der Waals surface area contributed by atoms with Gasteiger partial charge < -0.3 is 4.74 Å². The van der Waals surface area contributed by atoms with Crippen molar-refractivity contribution in [2.24, 2.45) is 0 Å². The molecule has 30 heavy (non-hydrogen) atoms. The molecule has 0 unspecified atom stereocenters. The third-order valence-corrected chi connectivity index (χ3v) is 7.21. The summed E-state index contributed by atoms with van der Waals surface area (Å²) in [5.41, 5.74) is 4.15. The average Bonchev–Trinajstić information content (AvgIpc) is 2.80. The van der Waals surface area contributed by atoms with Crippen molar-refractivity contribution in [3.8, 4) is 11.5 Å². The van der Waals surface area contributed by atoms with Gasteiger partial charge in [-0.15, -0.1) is 0 Å². The molecule has 3 aromatic rings. The summed E-state index contributed by atoms with van der Waals surface area (Å²) in [6.45, 7) is 0. The van der Waals surface area contributed by atoms with Crippen molar-refractivity contribution in [3.05, 3.63) is 95.1 Å². The fourth-order valence-corrected chi connectivity index (χ4v) is 5.56. The lowest BCUT2D eigenvalue weighted by atomic mass is 9.64. The Hall–Kier alpha value is -2.85. The zero-order chi connectivity index (χ0) is 20.6. The van der Waals surface area contributed by atoms with Crippen LogP contribution in [-0.2, 0) is 5.41 Å². The Kier molecular flexibility index (Phi) is 4.95. The Labute approximate surface area is 181 Å². The molecule has 1 spiro atoms. The maximum atomic E-state index is 8.66. The van der Waals surface area contributed by atoms with E-state index in [0.29, 0.717) is 10.1 Å². The number of hydrogen-bond donors (Lipinski definition) is 2. The number of para-hydroxylation sites is 1. The third-order valence-electron chi connectivity index (χ3n) is 6.33. The van der Waals surface area contributed by atoms with E-state index in [1.807, 2.05) is 48.5 Å². The average molecular weight is 413 g/mol. The number of benzene rings is 3. The Morgan fingerprint density at radius 3 is 2.17 bits per heavy atom. The molecule has 1 fully saturated rings. The molecule has 1 aliphatic heterocycles. The molecule has 0 saturated heterocycles. The van der Waals surface area contributed by atoms with Gasteiger partial charge in [0.15, 0.2) is 0 Å². The molecule has 1 saturated carbocycles. The minimum absolute atomic E-state index is 0.0314. The quantitative estimate of drug-likeness (QED) is 0.347. The molecule has 4 heteroatoms. The van der Waals surface area contributed by atoms with Crippen molar-refractivity contribution in [2.45, 2.75) is 37.5 Å². The Morgan fingerprint density at radius 2 is 1.37 bits per heavy atom. The van der Waals surface area contributed by atoms with Crippen LogP contribution in [0.1, 0.15) is 54.4 Å². The predicted octanol–water partition coefficient (Wildman–Crippen LogP) is 7.13. The fraction of sp³-hybridized carbons (Fsp3) is 0.231. The van der Waals surface area contributed by atoms with E-state index in [-0.39, 0.29) is 5.41 Å². The highest BCUT2D eigenvalue weighted by atomic mass is 32.2. The van der Waals surface area contributed by atoms with E-state index in [9.17, 15) is 0 Å². The Balaban J connectivity index is 1.51. The molecule has 150 valence electrons. The molecule has 0 amide bonds. The maximum Gasteiger partial charge on any atom is 0.131 e. The van der Waals surface area contributed by atoms with Crippen LogP contribution in [-0.4, -0.2) is 10.1 Å². The summed E-state index contributed by atoms with van der Waals surface area (Å²) in [6.07, 6.45) is 5.93. The second kappa shape index (κ2) is 7.77. The lowest BCUT2D eigenvalue weighted by Gasteiger charge is -2.43. The zero-order valence-corrected chi connectivity index (χ0v) is 17.6. The summed E-state index contributed by atoms with van der Waals surface area (Å²) in [4.78, 5) is 0. The van der Waals surface area contributed by atoms with Crippen LogP contribution in [0.15, 0.2) is 72.8 Å². The first-order valence-electron chi connectivity index (χ1n) is 10.5. The van der Waals surface area contributed by atoms with Crippen LogP contribution in [0, 0.1) is 10.8 Å². The van der Waals surface area contributed by atoms with Gasteiger partial charge in [-0.25, -0.2) is 0 Å². The highest BCUT2D eigenvalue weighted by Gasteiger charge is 2.42. The number of fused-ring (bicyclic) bond motifs is 4. The van der Waals surface area contributed by atoms with Gasteiger partial charge >= 0.3 is 0 Å². The van der Waals surface area contributed by atoms with Crippen LogP contribution >= 0.6 is 11.8 Å². The minimum atomic E-state index is -0.0314. The van der Waals surface area contributed by atoms with Gasteiger partial charge in [-0.3, -0.25) is 10.8 Å². The predicted molar refractivity (Wildman–Crippen MR) is 125 cm³/mol. The highest BCUT2D eigenvalue weighted by molar-refractivity contribution is 8.27. The Bertz CT molecular complexity index is 1120. The first-order chi connectivity index (χ1) is 14.7. The second-order valence-corrected chi connectivity index (χ2v) is 9.10. The molecule has 5 rings (SSSR count). The van der Waals surface area contributed by atoms with E-state index < -0.39 is 0 Å². The van der Waals surface area contributed by atoms with E-state index in [4.69, 9.17) is 15.6 Å². The maximum absolute atomic E-state index is 8.66. The van der Waals surface area contributed by atoms with Crippen molar-refractivity contribution in [1.29, 1.82) is 10.8 Å². The van der Waals surface area contributed by atoms with Gasteiger partial charge in [0.2, 0.25) is 0 Å². The molecule has 1 heterocycles. The number of thioether (sulfide) groups is 1. The van der Waals surface area contributed by atoms with Crippen LogP contribution < -0.4 is 4.74 Å². The van der Waals surface area contributed by atoms with E-state index in [1.54, 1.807) is 0 Å². The number of ether oxygens (including phenoxy) is 1. The Morgan fingerprint density at radius 1 is 0.700 bits per heavy atom. The molecule has 0 atom stereocenters. The van der Waals surface area contributed by atoms with Crippen molar-refractivity contribution in [1.82, 2.24) is 0 Å². The lowest BCUT2D eigenvalue weighted by molar-refractivity contribution is 0.306. The molecular weight excluding hydrogens is 388 g/mol. The number of rotatable bonds is 2. The van der Waals surface area contributed by atoms with E-state index in [0.717, 1.165) is 35.5 Å². The van der Waals surface area contributed by atoms with Gasteiger partial charge in [-0.2, -0.15) is 0 Å². The fourth-order valence-electron chi connectivity index (χ4n) is 4.85. The molecule has 0 aromatic heterocycles. The van der Waals surface area contributed by atoms with E-state index in [2.05, 4.69) is 24.3 Å². The van der Waals surface area contributed by atoms with Crippen LogP contribution in [0.4, 0.5) is 0 Å². The summed E-state index contributed by atoms with van der Waals surface area (Å²) in [6, 6.07) is 24.2. The molecule has 2 N–H and O–H groups in total. The topological polar surface area (TPSA) is 56.9 Å². The van der Waals surface area contributed by atoms with Crippen molar-refractivity contribution in [2.75, 3.05) is 0 Å². The van der Waals surface area contributed by atoms with Crippen molar-refractivity contribution < 1.29 is 4.74 Å². The van der Waals surface area contributed by atoms with E-state index >= 15 is 0 Å². The molecule has 1 aliphatic carbocycles. The minimum Gasteiger partial charge on any atom is -0.457 e. The van der Waals surface area contributed by atoms with Crippen LogP contribution in [0.2, 0.25) is 0 Å². The standard InChI is InChI=1S/C26H24N2OS/c27-24(18-9-3-1-4-10-18)30-25(28)19-13-14-23-21(17-19)26(15-7-2-8-16-26)20-11-5-6-12-22(20)29-23/h1,3-6,9-14,17,27-28H,2,7-8,15-16H2. The van der Waals surface area contributed by atoms with Crippen molar-refractivity contribution in [3.63, 3.8) is 0 Å². The SMILES string of the molecule is N=C(SC(=N)c1ccc2c(c1)C1(CCCCC1)c1ccccc1O2)c1ccccc1. The van der Waals surface area contributed by atoms with Crippen LogP contribution in [0.3, 0.4) is 0 Å². The van der Waals surface area contributed by atoms with Gasteiger partial charge in [-0.1, -0.05) is 79.6 Å². The lowest BCUT2D eigenvalue weighted by Crippen LogP contribution is -2.33. The van der Waals surface area contributed by atoms with Gasteiger partial charge in [0.25, 0.3) is 0 Å². The summed E-state index contributed by atoms with van der Waals surface area (Å²) in [7, 11) is 0. The third kappa shape index (κ3) is 3.25. The largest absolute Gasteiger partial charge is 0.457 e. The monoisotopic (exact) mass is 412 g/mol. The van der Waals surface area contributed by atoms with Gasteiger partial charge in [0.05, 0.1) is 0 Å². The molecule has 2 aliphatic rings. The molecule has 0 radical (unpaired) electrons. The first kappa shape index (κ1) is 19.1. The van der Waals surface area contributed by atoms with Crippen LogP contribution in [0.25, 0.3) is 0 Å². The van der Waals surface area contributed by atoms with Crippen molar-refractivity contribution >= 4 is 21.8 Å². The summed E-state index contributed by atoms with van der Waals surface area (Å²) in [5, 5.41) is 17.8. The van der Waals surface area contributed by atoms with Crippen LogP contribution in [0.5, 0.6) is 11.5 Å². The highest BCUT2D eigenvalue weighted by Crippen LogP contribution is 2.55. The smallest absolute Gasteiger partial charge is 0.131 e. The van der Waals surface area contributed by atoms with E-state index in [1.165, 1.54) is 42.2 Å². The summed E-state index contributed by atoms with van der Waals surface area (Å²) < 4.78 is 6.27. The second-order valence-electron chi connectivity index (χ2n) is 8.08. The van der Waals surface area contributed by atoms with Gasteiger partial charge in [-0.05, 0) is 37.1 Å². The first-order valence-corrected chi connectivity index (χ1v) is 11.3. The molecule has 3 aromatic carbocycles. The van der Waals surface area contributed by atoms with Gasteiger partial charge in [0.1, 0.15) is 21.6 Å². The molecule has 3 nitrogen and oxygen atoms in total. The summed E-state index contributed by atoms with van der Waals surface area (Å²) in [5.74, 6) is 1.88. The summed E-state index contributed by atoms with van der Waals surface area (Å²) >= 11 is 1.20. The number of nitrogens with one attached hydrogen (secondary N) is 2.